The fourth-order valence-electron chi connectivity index (χ4n) is 2.03. The highest BCUT2D eigenvalue weighted by molar-refractivity contribution is 5.80. The molecular formula is C16H16FN3O3. The first kappa shape index (κ1) is 16.4. The summed E-state index contributed by atoms with van der Waals surface area (Å²) in [7, 11) is 0. The smallest absolute Gasteiger partial charge is 0.306 e. The third kappa shape index (κ3) is 4.77. The summed E-state index contributed by atoms with van der Waals surface area (Å²) in [6.45, 7) is 2.30. The molecule has 0 spiro atoms. The molecule has 2 N–H and O–H groups in total. The summed E-state index contributed by atoms with van der Waals surface area (Å²) in [5.74, 6) is -1.18. The van der Waals surface area contributed by atoms with Gasteiger partial charge in [-0.25, -0.2) is 0 Å². The number of benzene rings is 2. The normalized spacial score (nSPS) is 10.2. The van der Waals surface area contributed by atoms with Crippen molar-refractivity contribution in [1.82, 2.24) is 5.32 Å². The van der Waals surface area contributed by atoms with E-state index in [0.717, 1.165) is 23.3 Å². The van der Waals surface area contributed by atoms with Gasteiger partial charge in [0.1, 0.15) is 0 Å². The topological polar surface area (TPSA) is 84.3 Å². The first-order valence-electron chi connectivity index (χ1n) is 6.96. The lowest BCUT2D eigenvalue weighted by Crippen LogP contribution is -2.29. The van der Waals surface area contributed by atoms with Crippen LogP contribution in [0.4, 0.5) is 15.8 Å². The Bertz CT molecular complexity index is 734. The van der Waals surface area contributed by atoms with Crippen molar-refractivity contribution in [2.75, 3.05) is 11.9 Å². The summed E-state index contributed by atoms with van der Waals surface area (Å²) in [5.41, 5.74) is 1.77. The molecule has 0 heterocycles. The maximum absolute atomic E-state index is 13.2. The third-order valence-corrected chi connectivity index (χ3v) is 3.17. The molecule has 7 heteroatoms. The molecule has 0 unspecified atom stereocenters. The van der Waals surface area contributed by atoms with E-state index >= 15 is 0 Å². The van der Waals surface area contributed by atoms with Gasteiger partial charge in [-0.3, -0.25) is 14.9 Å². The van der Waals surface area contributed by atoms with Crippen LogP contribution in [0, 0.1) is 22.9 Å². The second-order valence-electron chi connectivity index (χ2n) is 5.04. The number of nitrogens with zero attached hydrogens (tertiary/aromatic N) is 1. The molecule has 0 radical (unpaired) electrons. The van der Waals surface area contributed by atoms with Crippen LogP contribution < -0.4 is 10.6 Å². The van der Waals surface area contributed by atoms with Crippen LogP contribution in [-0.4, -0.2) is 17.4 Å². The molecule has 0 aliphatic carbocycles. The Labute approximate surface area is 132 Å². The number of halogens is 1. The van der Waals surface area contributed by atoms with Gasteiger partial charge in [-0.15, -0.1) is 0 Å². The van der Waals surface area contributed by atoms with E-state index in [9.17, 15) is 19.3 Å². The van der Waals surface area contributed by atoms with Gasteiger partial charge >= 0.3 is 5.69 Å². The lowest BCUT2D eigenvalue weighted by molar-refractivity contribution is -0.387. The standard InChI is InChI=1S/C16H16FN3O3/c1-11-3-2-4-12(7-11)9-19-16(21)10-18-13-5-6-14(17)15(8-13)20(22)23/h2-8,18H,9-10H2,1H3,(H,19,21). The van der Waals surface area contributed by atoms with Gasteiger partial charge in [-0.1, -0.05) is 29.8 Å². The van der Waals surface area contributed by atoms with Crippen molar-refractivity contribution >= 4 is 17.3 Å². The Balaban J connectivity index is 1.87. The van der Waals surface area contributed by atoms with Gasteiger partial charge in [0.15, 0.2) is 0 Å². The molecule has 2 rings (SSSR count). The maximum atomic E-state index is 13.2. The number of aryl methyl sites for hydroxylation is 1. The number of carbonyl (C=O) groups is 1. The Morgan fingerprint density at radius 3 is 2.74 bits per heavy atom. The van der Waals surface area contributed by atoms with E-state index in [1.807, 2.05) is 31.2 Å². The second kappa shape index (κ2) is 7.35. The lowest BCUT2D eigenvalue weighted by Gasteiger charge is -2.08. The third-order valence-electron chi connectivity index (χ3n) is 3.17. The van der Waals surface area contributed by atoms with E-state index in [4.69, 9.17) is 0 Å². The van der Waals surface area contributed by atoms with Gasteiger partial charge in [0.2, 0.25) is 11.7 Å². The van der Waals surface area contributed by atoms with E-state index in [0.29, 0.717) is 12.2 Å². The number of rotatable bonds is 6. The molecule has 0 bridgehead atoms. The number of amides is 1. The minimum atomic E-state index is -0.913. The summed E-state index contributed by atoms with van der Waals surface area (Å²) < 4.78 is 13.2. The summed E-state index contributed by atoms with van der Waals surface area (Å²) in [6, 6.07) is 11.1. The molecule has 0 aliphatic heterocycles. The molecule has 2 aromatic carbocycles. The SMILES string of the molecule is Cc1cccc(CNC(=O)CNc2ccc(F)c([N+](=O)[O-])c2)c1. The van der Waals surface area contributed by atoms with Gasteiger partial charge in [0.25, 0.3) is 0 Å². The number of hydrogen-bond donors (Lipinski definition) is 2. The van der Waals surface area contributed by atoms with Gasteiger partial charge in [-0.05, 0) is 24.6 Å². The quantitative estimate of drug-likeness (QED) is 0.634. The van der Waals surface area contributed by atoms with Crippen LogP contribution in [0.5, 0.6) is 0 Å². The van der Waals surface area contributed by atoms with Crippen molar-refractivity contribution in [3.63, 3.8) is 0 Å². The van der Waals surface area contributed by atoms with Crippen molar-refractivity contribution in [3.8, 4) is 0 Å². The molecule has 0 aliphatic rings. The molecule has 120 valence electrons. The Morgan fingerprint density at radius 1 is 1.26 bits per heavy atom. The maximum Gasteiger partial charge on any atom is 0.306 e. The predicted octanol–water partition coefficient (Wildman–Crippen LogP) is 2.77. The number of nitrogens with one attached hydrogen (secondary N) is 2. The van der Waals surface area contributed by atoms with Crippen molar-refractivity contribution in [3.05, 3.63) is 69.5 Å². The second-order valence-corrected chi connectivity index (χ2v) is 5.04. The molecule has 23 heavy (non-hydrogen) atoms. The Kier molecular flexibility index (Phi) is 5.24. The van der Waals surface area contributed by atoms with E-state index in [2.05, 4.69) is 10.6 Å². The highest BCUT2D eigenvalue weighted by Crippen LogP contribution is 2.21. The summed E-state index contributed by atoms with van der Waals surface area (Å²) >= 11 is 0. The van der Waals surface area contributed by atoms with Crippen LogP contribution >= 0.6 is 0 Å². The Morgan fingerprint density at radius 2 is 2.04 bits per heavy atom. The van der Waals surface area contributed by atoms with Crippen LogP contribution in [0.15, 0.2) is 42.5 Å². The minimum Gasteiger partial charge on any atom is -0.376 e. The van der Waals surface area contributed by atoms with Crippen molar-refractivity contribution in [2.45, 2.75) is 13.5 Å². The average molecular weight is 317 g/mol. The van der Waals surface area contributed by atoms with E-state index in [1.165, 1.54) is 6.07 Å². The minimum absolute atomic E-state index is 0.0609. The van der Waals surface area contributed by atoms with Crippen LogP contribution in [0.2, 0.25) is 0 Å². The van der Waals surface area contributed by atoms with Gasteiger partial charge in [0.05, 0.1) is 11.5 Å². The highest BCUT2D eigenvalue weighted by atomic mass is 19.1. The number of carbonyl (C=O) groups excluding carboxylic acids is 1. The molecule has 0 aromatic heterocycles. The highest BCUT2D eigenvalue weighted by Gasteiger charge is 2.14. The number of nitro groups is 1. The summed E-state index contributed by atoms with van der Waals surface area (Å²) in [5, 5.41) is 16.1. The molecule has 0 saturated carbocycles. The molecule has 0 fully saturated rings. The molecule has 6 nitrogen and oxygen atoms in total. The number of nitro benzene ring substituents is 1. The molecule has 2 aromatic rings. The predicted molar refractivity (Wildman–Crippen MR) is 84.6 cm³/mol. The molecule has 1 amide bonds. The molecule has 0 saturated heterocycles. The first-order chi connectivity index (χ1) is 11.0. The number of hydrogen-bond acceptors (Lipinski definition) is 4. The van der Waals surface area contributed by atoms with Crippen LogP contribution in [0.25, 0.3) is 0 Å². The van der Waals surface area contributed by atoms with Gasteiger partial charge in [-0.2, -0.15) is 4.39 Å². The zero-order chi connectivity index (χ0) is 16.8. The van der Waals surface area contributed by atoms with Gasteiger partial charge in [0, 0.05) is 18.3 Å². The monoisotopic (exact) mass is 317 g/mol. The lowest BCUT2D eigenvalue weighted by atomic mass is 10.1. The van der Waals surface area contributed by atoms with Crippen molar-refractivity contribution in [2.24, 2.45) is 0 Å². The largest absolute Gasteiger partial charge is 0.376 e. The first-order valence-corrected chi connectivity index (χ1v) is 6.96. The van der Waals surface area contributed by atoms with Crippen molar-refractivity contribution in [1.29, 1.82) is 0 Å². The zero-order valence-electron chi connectivity index (χ0n) is 12.5. The molecular weight excluding hydrogens is 301 g/mol. The fraction of sp³-hybridized carbons (Fsp3) is 0.188. The van der Waals surface area contributed by atoms with Crippen LogP contribution in [-0.2, 0) is 11.3 Å². The fourth-order valence-corrected chi connectivity index (χ4v) is 2.03. The van der Waals surface area contributed by atoms with E-state index in [-0.39, 0.29) is 12.5 Å². The van der Waals surface area contributed by atoms with Crippen LogP contribution in [0.1, 0.15) is 11.1 Å². The summed E-state index contributed by atoms with van der Waals surface area (Å²) in [4.78, 5) is 21.6. The average Bonchev–Trinajstić information content (AvgIpc) is 2.52. The van der Waals surface area contributed by atoms with E-state index < -0.39 is 16.4 Å². The Hall–Kier alpha value is -2.96. The summed E-state index contributed by atoms with van der Waals surface area (Å²) in [6.07, 6.45) is 0. The van der Waals surface area contributed by atoms with Gasteiger partial charge < -0.3 is 10.6 Å². The van der Waals surface area contributed by atoms with Crippen molar-refractivity contribution < 1.29 is 14.1 Å². The van der Waals surface area contributed by atoms with Crippen LogP contribution in [0.3, 0.4) is 0 Å². The molecule has 0 atom stereocenters. The number of anilines is 1. The zero-order valence-corrected chi connectivity index (χ0v) is 12.5. The van der Waals surface area contributed by atoms with E-state index in [1.54, 1.807) is 0 Å².